The molecule has 0 unspecified atom stereocenters. The average Bonchev–Trinajstić information content (AvgIpc) is 3.48. The lowest BCUT2D eigenvalue weighted by molar-refractivity contribution is -0.119. The van der Waals surface area contributed by atoms with Gasteiger partial charge < -0.3 is 9.64 Å². The van der Waals surface area contributed by atoms with E-state index in [4.69, 9.17) is 14.7 Å². The van der Waals surface area contributed by atoms with Gasteiger partial charge in [0.05, 0.1) is 21.7 Å². The summed E-state index contributed by atoms with van der Waals surface area (Å²) >= 11 is 2.77. The summed E-state index contributed by atoms with van der Waals surface area (Å²) in [5.41, 5.74) is 3.21. The lowest BCUT2D eigenvalue weighted by Gasteiger charge is -2.25. The van der Waals surface area contributed by atoms with Crippen LogP contribution in [0.5, 0.6) is 0 Å². The summed E-state index contributed by atoms with van der Waals surface area (Å²) in [7, 11) is 0. The quantitative estimate of drug-likeness (QED) is 0.381. The highest BCUT2D eigenvalue weighted by atomic mass is 32.1. The molecule has 10 heteroatoms. The summed E-state index contributed by atoms with van der Waals surface area (Å²) in [6.07, 6.45) is 3.47. The molecule has 1 fully saturated rings. The fraction of sp³-hybridized carbons (Fsp3) is 0.292. The van der Waals surface area contributed by atoms with E-state index >= 15 is 0 Å². The number of thiazole rings is 2. The standard InChI is InChI=1S/C24H23N5O3S2/c1-15-14-33-23(25-15)27-19(30)13-32-22(31)17-12-18(16-8-4-2-5-9-16)26-21-20(17)34-24(28-21)29-10-6-3-7-11-29/h2,4-5,8-9,12,14H,3,6-7,10-11,13H2,1H3,(H,25,27,30). The Kier molecular flexibility index (Phi) is 6.50. The van der Waals surface area contributed by atoms with Gasteiger partial charge in [-0.05, 0) is 32.3 Å². The van der Waals surface area contributed by atoms with Crippen molar-refractivity contribution in [1.82, 2.24) is 15.0 Å². The van der Waals surface area contributed by atoms with Crippen molar-refractivity contribution in [1.29, 1.82) is 0 Å². The summed E-state index contributed by atoms with van der Waals surface area (Å²) in [4.78, 5) is 41.3. The van der Waals surface area contributed by atoms with Crippen molar-refractivity contribution in [3.05, 3.63) is 53.0 Å². The summed E-state index contributed by atoms with van der Waals surface area (Å²) in [6, 6.07) is 11.4. The van der Waals surface area contributed by atoms with E-state index in [0.29, 0.717) is 26.7 Å². The highest BCUT2D eigenvalue weighted by Crippen LogP contribution is 2.34. The number of aromatic nitrogens is 3. The molecule has 1 N–H and O–H groups in total. The zero-order valence-electron chi connectivity index (χ0n) is 18.6. The first-order valence-corrected chi connectivity index (χ1v) is 12.8. The normalized spacial score (nSPS) is 13.7. The van der Waals surface area contributed by atoms with Crippen molar-refractivity contribution in [2.45, 2.75) is 26.2 Å². The Bertz CT molecular complexity index is 1330. The van der Waals surface area contributed by atoms with Gasteiger partial charge in [0, 0.05) is 24.0 Å². The predicted molar refractivity (Wildman–Crippen MR) is 135 cm³/mol. The van der Waals surface area contributed by atoms with Crippen LogP contribution in [-0.2, 0) is 9.53 Å². The maximum Gasteiger partial charge on any atom is 0.340 e. The maximum atomic E-state index is 13.1. The Morgan fingerprint density at radius 3 is 2.62 bits per heavy atom. The minimum Gasteiger partial charge on any atom is -0.452 e. The molecule has 3 aromatic heterocycles. The van der Waals surface area contributed by atoms with E-state index in [1.807, 2.05) is 42.6 Å². The van der Waals surface area contributed by atoms with Gasteiger partial charge in [0.1, 0.15) is 0 Å². The van der Waals surface area contributed by atoms with Gasteiger partial charge in [0.25, 0.3) is 5.91 Å². The number of anilines is 2. The number of hydrogen-bond acceptors (Lipinski definition) is 9. The second-order valence-electron chi connectivity index (χ2n) is 8.04. The molecule has 174 valence electrons. The zero-order chi connectivity index (χ0) is 23.5. The second kappa shape index (κ2) is 9.86. The fourth-order valence-electron chi connectivity index (χ4n) is 3.81. The molecule has 0 saturated carbocycles. The number of carbonyl (C=O) groups excluding carboxylic acids is 2. The molecule has 1 aliphatic heterocycles. The van der Waals surface area contributed by atoms with E-state index in [1.54, 1.807) is 6.07 Å². The van der Waals surface area contributed by atoms with E-state index < -0.39 is 18.5 Å². The van der Waals surface area contributed by atoms with Gasteiger partial charge in [0.15, 0.2) is 22.5 Å². The molecule has 8 nitrogen and oxygen atoms in total. The van der Waals surface area contributed by atoms with Crippen molar-refractivity contribution >= 4 is 55.2 Å². The molecule has 1 aliphatic rings. The van der Waals surface area contributed by atoms with Gasteiger partial charge in [-0.15, -0.1) is 11.3 Å². The Hall–Kier alpha value is -3.37. The van der Waals surface area contributed by atoms with E-state index in [0.717, 1.165) is 42.3 Å². The Balaban J connectivity index is 1.43. The number of piperidine rings is 1. The molecule has 0 radical (unpaired) electrons. The van der Waals surface area contributed by atoms with Gasteiger partial charge >= 0.3 is 5.97 Å². The van der Waals surface area contributed by atoms with Crippen LogP contribution in [0, 0.1) is 6.92 Å². The molecule has 0 spiro atoms. The van der Waals surface area contributed by atoms with E-state index in [9.17, 15) is 9.59 Å². The molecule has 4 heterocycles. The van der Waals surface area contributed by atoms with Crippen LogP contribution in [0.4, 0.5) is 10.3 Å². The van der Waals surface area contributed by atoms with Crippen molar-refractivity contribution < 1.29 is 14.3 Å². The number of benzene rings is 1. The molecular formula is C24H23N5O3S2. The number of rotatable bonds is 6. The minimum absolute atomic E-state index is 0.363. The Morgan fingerprint density at radius 2 is 1.88 bits per heavy atom. The number of aryl methyl sites for hydroxylation is 1. The van der Waals surface area contributed by atoms with Gasteiger partial charge in [-0.2, -0.15) is 4.98 Å². The molecule has 1 saturated heterocycles. The van der Waals surface area contributed by atoms with Crippen LogP contribution in [0.2, 0.25) is 0 Å². The summed E-state index contributed by atoms with van der Waals surface area (Å²) in [5.74, 6) is -1.02. The Morgan fingerprint density at radius 1 is 1.09 bits per heavy atom. The molecule has 1 amide bonds. The van der Waals surface area contributed by atoms with Crippen LogP contribution in [0.15, 0.2) is 41.8 Å². The molecule has 5 rings (SSSR count). The van der Waals surface area contributed by atoms with Gasteiger partial charge in [0.2, 0.25) is 0 Å². The summed E-state index contributed by atoms with van der Waals surface area (Å²) < 4.78 is 6.05. The first-order valence-electron chi connectivity index (χ1n) is 11.1. The minimum atomic E-state index is -0.580. The lowest BCUT2D eigenvalue weighted by atomic mass is 10.1. The van der Waals surface area contributed by atoms with Crippen LogP contribution in [-0.4, -0.2) is 46.5 Å². The first-order chi connectivity index (χ1) is 16.6. The van der Waals surface area contributed by atoms with E-state index in [2.05, 4.69) is 15.2 Å². The van der Waals surface area contributed by atoms with Gasteiger partial charge in [-0.25, -0.2) is 14.8 Å². The van der Waals surface area contributed by atoms with Gasteiger partial charge in [-0.3, -0.25) is 10.1 Å². The van der Waals surface area contributed by atoms with Gasteiger partial charge in [-0.1, -0.05) is 41.7 Å². The third kappa shape index (κ3) is 4.92. The SMILES string of the molecule is Cc1csc(NC(=O)COC(=O)c2cc(-c3ccccc3)nc3nc(N4CCCCC4)sc23)n1. The molecule has 34 heavy (non-hydrogen) atoms. The number of hydrogen-bond donors (Lipinski definition) is 1. The lowest BCUT2D eigenvalue weighted by Crippen LogP contribution is -2.29. The molecule has 0 bridgehead atoms. The Labute approximate surface area is 204 Å². The first kappa shape index (κ1) is 22.4. The fourth-order valence-corrected chi connectivity index (χ4v) is 5.57. The van der Waals surface area contributed by atoms with Crippen molar-refractivity contribution in [2.24, 2.45) is 0 Å². The third-order valence-corrected chi connectivity index (χ3v) is 7.48. The number of amides is 1. The molecular weight excluding hydrogens is 470 g/mol. The van der Waals surface area contributed by atoms with Crippen molar-refractivity contribution in [2.75, 3.05) is 29.9 Å². The van der Waals surface area contributed by atoms with Crippen LogP contribution in [0.25, 0.3) is 21.6 Å². The van der Waals surface area contributed by atoms with E-state index in [-0.39, 0.29) is 0 Å². The monoisotopic (exact) mass is 493 g/mol. The number of nitrogens with one attached hydrogen (secondary N) is 1. The molecule has 1 aromatic carbocycles. The van der Waals surface area contributed by atoms with Crippen molar-refractivity contribution in [3.8, 4) is 11.3 Å². The second-order valence-corrected chi connectivity index (χ2v) is 9.87. The van der Waals surface area contributed by atoms with E-state index in [1.165, 1.54) is 29.1 Å². The number of esters is 1. The molecule has 4 aromatic rings. The van der Waals surface area contributed by atoms with Crippen molar-refractivity contribution in [3.63, 3.8) is 0 Å². The van der Waals surface area contributed by atoms with Crippen LogP contribution in [0.3, 0.4) is 0 Å². The summed E-state index contributed by atoms with van der Waals surface area (Å²) in [5, 5.41) is 5.83. The number of fused-ring (bicyclic) bond motifs is 1. The number of pyridine rings is 1. The zero-order valence-corrected chi connectivity index (χ0v) is 20.2. The maximum absolute atomic E-state index is 13.1. The topological polar surface area (TPSA) is 97.3 Å². The number of carbonyl (C=O) groups is 2. The highest BCUT2D eigenvalue weighted by molar-refractivity contribution is 7.22. The third-order valence-electron chi connectivity index (χ3n) is 5.47. The number of nitrogens with zero attached hydrogens (tertiary/aromatic N) is 4. The van der Waals surface area contributed by atoms with Crippen LogP contribution in [0.1, 0.15) is 35.3 Å². The highest BCUT2D eigenvalue weighted by Gasteiger charge is 2.22. The smallest absolute Gasteiger partial charge is 0.340 e. The number of ether oxygens (including phenoxy) is 1. The average molecular weight is 494 g/mol. The predicted octanol–water partition coefficient (Wildman–Crippen LogP) is 4.91. The molecule has 0 aliphatic carbocycles. The summed E-state index contributed by atoms with van der Waals surface area (Å²) in [6.45, 7) is 3.33. The molecule has 0 atom stereocenters. The van der Waals surface area contributed by atoms with Crippen LogP contribution >= 0.6 is 22.7 Å². The largest absolute Gasteiger partial charge is 0.452 e. The van der Waals surface area contributed by atoms with Crippen LogP contribution < -0.4 is 10.2 Å².